The topological polar surface area (TPSA) is 68.3 Å². The lowest BCUT2D eigenvalue weighted by molar-refractivity contribution is -0.142. The highest BCUT2D eigenvalue weighted by Gasteiger charge is 2.17. The molecule has 6 nitrogen and oxygen atoms in total. The van der Waals surface area contributed by atoms with Gasteiger partial charge in [0.1, 0.15) is 11.5 Å². The van der Waals surface area contributed by atoms with Gasteiger partial charge in [0.25, 0.3) is 0 Å². The van der Waals surface area contributed by atoms with E-state index in [2.05, 4.69) is 15.2 Å². The molecule has 0 unspecified atom stereocenters. The molecular weight excluding hydrogens is 335 g/mol. The Labute approximate surface area is 150 Å². The third-order valence-electron chi connectivity index (χ3n) is 3.87. The summed E-state index contributed by atoms with van der Waals surface area (Å²) in [5.74, 6) is -0.525. The number of rotatable bonds is 6. The average molecular weight is 354 g/mol. The van der Waals surface area contributed by atoms with Crippen LogP contribution in [0.4, 0.5) is 15.9 Å². The van der Waals surface area contributed by atoms with Gasteiger partial charge in [-0.1, -0.05) is 25.1 Å². The van der Waals surface area contributed by atoms with Crippen molar-refractivity contribution in [3.05, 3.63) is 59.7 Å². The van der Waals surface area contributed by atoms with Gasteiger partial charge in [-0.05, 0) is 37.1 Å². The first-order valence-corrected chi connectivity index (χ1v) is 8.44. The fraction of sp³-hybridized carbons (Fsp3) is 0.263. The molecule has 0 radical (unpaired) electrons. The van der Waals surface area contributed by atoms with E-state index in [-0.39, 0.29) is 13.0 Å². The van der Waals surface area contributed by atoms with Gasteiger partial charge >= 0.3 is 5.97 Å². The number of esters is 1. The molecule has 2 heterocycles. The molecule has 7 heteroatoms. The Morgan fingerprint density at radius 2 is 2.00 bits per heavy atom. The van der Waals surface area contributed by atoms with Gasteiger partial charge in [0.2, 0.25) is 0 Å². The number of ether oxygens (including phenoxy) is 1. The van der Waals surface area contributed by atoms with Crippen molar-refractivity contribution in [3.8, 4) is 0 Å². The van der Waals surface area contributed by atoms with Crippen LogP contribution in [0, 0.1) is 5.82 Å². The summed E-state index contributed by atoms with van der Waals surface area (Å²) in [6.07, 6.45) is 2.03. The number of carbonyl (C=O) groups excluding carboxylic acids is 1. The number of halogens is 1. The van der Waals surface area contributed by atoms with Crippen molar-refractivity contribution >= 4 is 23.1 Å². The normalized spacial score (nSPS) is 11.3. The van der Waals surface area contributed by atoms with Crippen molar-refractivity contribution in [3.63, 3.8) is 0 Å². The van der Waals surface area contributed by atoms with Crippen LogP contribution in [-0.4, -0.2) is 22.0 Å². The lowest BCUT2D eigenvalue weighted by Gasteiger charge is -2.02. The third kappa shape index (κ3) is 3.77. The summed E-state index contributed by atoms with van der Waals surface area (Å²) < 4.78 is 20.2. The Kier molecular flexibility index (Phi) is 5.36. The number of benzene rings is 1. The Hall–Kier alpha value is -3.09. The maximum Gasteiger partial charge on any atom is 0.312 e. The first-order chi connectivity index (χ1) is 12.6. The zero-order valence-electron chi connectivity index (χ0n) is 14.6. The van der Waals surface area contributed by atoms with Gasteiger partial charge < -0.3 is 4.74 Å². The van der Waals surface area contributed by atoms with E-state index in [0.29, 0.717) is 17.2 Å². The fourth-order valence-corrected chi connectivity index (χ4v) is 2.64. The number of imidazole rings is 1. The molecule has 0 aliphatic carbocycles. The summed E-state index contributed by atoms with van der Waals surface area (Å²) >= 11 is 0. The Morgan fingerprint density at radius 3 is 2.77 bits per heavy atom. The summed E-state index contributed by atoms with van der Waals surface area (Å²) in [5.41, 5.74) is 2.65. The van der Waals surface area contributed by atoms with Crippen molar-refractivity contribution in [2.75, 3.05) is 6.61 Å². The van der Waals surface area contributed by atoms with Crippen LogP contribution < -0.4 is 0 Å². The smallest absolute Gasteiger partial charge is 0.312 e. The first kappa shape index (κ1) is 17.7. The second-order valence-corrected chi connectivity index (χ2v) is 5.62. The number of fused-ring (bicyclic) bond motifs is 1. The predicted molar refractivity (Wildman–Crippen MR) is 95.5 cm³/mol. The van der Waals surface area contributed by atoms with E-state index in [0.717, 1.165) is 17.7 Å². The van der Waals surface area contributed by atoms with Crippen molar-refractivity contribution in [2.24, 2.45) is 10.2 Å². The molecule has 0 amide bonds. The van der Waals surface area contributed by atoms with Gasteiger partial charge in [0, 0.05) is 6.20 Å². The molecule has 0 saturated heterocycles. The van der Waals surface area contributed by atoms with Crippen LogP contribution in [0.2, 0.25) is 0 Å². The second kappa shape index (κ2) is 7.86. The molecule has 3 rings (SSSR count). The number of hydrogen-bond donors (Lipinski definition) is 0. The molecule has 0 bridgehead atoms. The number of pyridine rings is 1. The Bertz CT molecular complexity index is 965. The molecule has 134 valence electrons. The van der Waals surface area contributed by atoms with Gasteiger partial charge in [0.05, 0.1) is 24.4 Å². The van der Waals surface area contributed by atoms with Gasteiger partial charge in [-0.25, -0.2) is 9.37 Å². The maximum atomic E-state index is 13.7. The zero-order chi connectivity index (χ0) is 18.5. The van der Waals surface area contributed by atoms with Crippen LogP contribution in [0.15, 0.2) is 52.8 Å². The zero-order valence-corrected chi connectivity index (χ0v) is 14.6. The summed E-state index contributed by atoms with van der Waals surface area (Å²) in [5, 5.41) is 8.58. The lowest BCUT2D eigenvalue weighted by Crippen LogP contribution is -2.07. The standard InChI is InChI=1S/C19H19FN4O2/c1-3-13-7-5-6-8-15(13)22-23-19-16(11-18(25)26-4-2)21-17-10-9-14(20)12-24(17)19/h5-10,12H,3-4,11H2,1-2H3. The Balaban J connectivity index is 2.05. The summed E-state index contributed by atoms with van der Waals surface area (Å²) in [7, 11) is 0. The lowest BCUT2D eigenvalue weighted by atomic mass is 10.1. The molecule has 26 heavy (non-hydrogen) atoms. The van der Waals surface area contributed by atoms with Gasteiger partial charge in [-0.3, -0.25) is 9.20 Å². The van der Waals surface area contributed by atoms with Crippen molar-refractivity contribution in [2.45, 2.75) is 26.7 Å². The van der Waals surface area contributed by atoms with Crippen LogP contribution in [0.3, 0.4) is 0 Å². The largest absolute Gasteiger partial charge is 0.466 e. The van der Waals surface area contributed by atoms with Crippen LogP contribution in [-0.2, 0) is 22.4 Å². The minimum Gasteiger partial charge on any atom is -0.466 e. The monoisotopic (exact) mass is 354 g/mol. The highest BCUT2D eigenvalue weighted by atomic mass is 19.1. The molecule has 0 aliphatic rings. The van der Waals surface area contributed by atoms with Crippen LogP contribution in [0.25, 0.3) is 5.65 Å². The van der Waals surface area contributed by atoms with Crippen LogP contribution in [0.1, 0.15) is 25.1 Å². The fourth-order valence-electron chi connectivity index (χ4n) is 2.64. The van der Waals surface area contributed by atoms with Gasteiger partial charge in [0.15, 0.2) is 5.82 Å². The van der Waals surface area contributed by atoms with E-state index in [4.69, 9.17) is 4.74 Å². The minimum absolute atomic E-state index is 0.0546. The molecule has 3 aromatic rings. The highest BCUT2D eigenvalue weighted by Crippen LogP contribution is 2.27. The van der Waals surface area contributed by atoms with E-state index in [1.54, 1.807) is 6.92 Å². The molecule has 0 N–H and O–H groups in total. The van der Waals surface area contributed by atoms with E-state index in [1.165, 1.54) is 22.7 Å². The third-order valence-corrected chi connectivity index (χ3v) is 3.87. The van der Waals surface area contributed by atoms with E-state index >= 15 is 0 Å². The highest BCUT2D eigenvalue weighted by molar-refractivity contribution is 5.74. The van der Waals surface area contributed by atoms with Gasteiger partial charge in [-0.2, -0.15) is 0 Å². The van der Waals surface area contributed by atoms with Crippen molar-refractivity contribution in [1.29, 1.82) is 0 Å². The van der Waals surface area contributed by atoms with E-state index in [9.17, 15) is 9.18 Å². The Morgan fingerprint density at radius 1 is 1.19 bits per heavy atom. The van der Waals surface area contributed by atoms with E-state index in [1.807, 2.05) is 31.2 Å². The van der Waals surface area contributed by atoms with Gasteiger partial charge in [-0.15, -0.1) is 10.2 Å². The molecular formula is C19H19FN4O2. The minimum atomic E-state index is -0.428. The number of azo groups is 1. The van der Waals surface area contributed by atoms with Crippen LogP contribution in [0.5, 0.6) is 0 Å². The molecule has 0 spiro atoms. The van der Waals surface area contributed by atoms with E-state index < -0.39 is 11.8 Å². The van der Waals surface area contributed by atoms with Crippen molar-refractivity contribution in [1.82, 2.24) is 9.38 Å². The first-order valence-electron chi connectivity index (χ1n) is 8.44. The second-order valence-electron chi connectivity index (χ2n) is 5.62. The number of carbonyl (C=O) groups is 1. The maximum absolute atomic E-state index is 13.7. The summed E-state index contributed by atoms with van der Waals surface area (Å²) in [4.78, 5) is 16.2. The number of aryl methyl sites for hydroxylation is 1. The molecule has 0 aliphatic heterocycles. The molecule has 0 atom stereocenters. The summed E-state index contributed by atoms with van der Waals surface area (Å²) in [6.45, 7) is 4.05. The summed E-state index contributed by atoms with van der Waals surface area (Å²) in [6, 6.07) is 10.5. The molecule has 0 fully saturated rings. The molecule has 1 aromatic carbocycles. The molecule has 2 aromatic heterocycles. The number of aromatic nitrogens is 2. The quantitative estimate of drug-likeness (QED) is 0.481. The van der Waals surface area contributed by atoms with Crippen molar-refractivity contribution < 1.29 is 13.9 Å². The van der Waals surface area contributed by atoms with Crippen LogP contribution >= 0.6 is 0 Å². The molecule has 0 saturated carbocycles. The predicted octanol–water partition coefficient (Wildman–Crippen LogP) is 4.56. The average Bonchev–Trinajstić information content (AvgIpc) is 2.96. The number of nitrogens with zero attached hydrogens (tertiary/aromatic N) is 4. The SMILES string of the molecule is CCOC(=O)Cc1nc2ccc(F)cn2c1N=Nc1ccccc1CC. The number of hydrogen-bond acceptors (Lipinski definition) is 5.